The van der Waals surface area contributed by atoms with E-state index in [-0.39, 0.29) is 11.3 Å². The molecule has 1 amide bonds. The standard InChI is InChI=1S/C28H27N3O6/c1-2-13-35-21-6-3-5-19(16-21)25-24(26(32)20-7-8-22-23(17-20)37-15-14-36-22)27(33)28(34)31(25)11-4-10-30-12-9-29-18-30/h2-3,5-9,12,16-18,25,32H,1,4,10-11,13-15H2/b26-24+/t25-/m0/s1. The van der Waals surface area contributed by atoms with Gasteiger partial charge >= 0.3 is 0 Å². The summed E-state index contributed by atoms with van der Waals surface area (Å²) in [6.45, 7) is 5.74. The van der Waals surface area contributed by atoms with Crippen molar-refractivity contribution in [2.75, 3.05) is 26.4 Å². The number of aliphatic hydroxyl groups excluding tert-OH is 1. The first-order valence-electron chi connectivity index (χ1n) is 12.0. The largest absolute Gasteiger partial charge is 0.507 e. The van der Waals surface area contributed by atoms with E-state index in [2.05, 4.69) is 11.6 Å². The van der Waals surface area contributed by atoms with Gasteiger partial charge in [0.15, 0.2) is 11.5 Å². The number of aromatic nitrogens is 2. The van der Waals surface area contributed by atoms with Crippen LogP contribution < -0.4 is 14.2 Å². The molecule has 2 aliphatic heterocycles. The van der Waals surface area contributed by atoms with Gasteiger partial charge in [0, 0.05) is 31.0 Å². The van der Waals surface area contributed by atoms with Crippen molar-refractivity contribution >= 4 is 17.4 Å². The predicted molar refractivity (Wildman–Crippen MR) is 135 cm³/mol. The zero-order chi connectivity index (χ0) is 25.8. The summed E-state index contributed by atoms with van der Waals surface area (Å²) >= 11 is 0. The predicted octanol–water partition coefficient (Wildman–Crippen LogP) is 3.73. The number of hydrogen-bond donors (Lipinski definition) is 1. The van der Waals surface area contributed by atoms with Gasteiger partial charge in [-0.25, -0.2) is 4.98 Å². The van der Waals surface area contributed by atoms with Gasteiger partial charge in [-0.1, -0.05) is 24.8 Å². The maximum Gasteiger partial charge on any atom is 0.295 e. The van der Waals surface area contributed by atoms with Crippen LogP contribution in [0.25, 0.3) is 5.76 Å². The van der Waals surface area contributed by atoms with E-state index in [1.165, 1.54) is 4.90 Å². The Balaban J connectivity index is 1.54. The second-order valence-electron chi connectivity index (χ2n) is 8.68. The van der Waals surface area contributed by atoms with E-state index in [1.807, 2.05) is 16.8 Å². The van der Waals surface area contributed by atoms with Crippen LogP contribution in [0.4, 0.5) is 0 Å². The minimum absolute atomic E-state index is 0.0187. The molecular weight excluding hydrogens is 474 g/mol. The molecule has 9 heteroatoms. The number of likely N-dealkylation sites (tertiary alicyclic amines) is 1. The third-order valence-electron chi connectivity index (χ3n) is 6.27. The maximum atomic E-state index is 13.3. The quantitative estimate of drug-likeness (QED) is 0.206. The van der Waals surface area contributed by atoms with Crippen LogP contribution in [0.15, 0.2) is 79.4 Å². The number of hydrogen-bond acceptors (Lipinski definition) is 7. The van der Waals surface area contributed by atoms with Crippen molar-refractivity contribution in [1.29, 1.82) is 0 Å². The van der Waals surface area contributed by atoms with Crippen LogP contribution in [0.2, 0.25) is 0 Å². The van der Waals surface area contributed by atoms with Gasteiger partial charge in [0.2, 0.25) is 0 Å². The number of carbonyl (C=O) groups is 2. The summed E-state index contributed by atoms with van der Waals surface area (Å²) in [6, 6.07) is 11.3. The summed E-state index contributed by atoms with van der Waals surface area (Å²) in [5.41, 5.74) is 1.04. The Morgan fingerprint density at radius 1 is 1.14 bits per heavy atom. The first-order valence-corrected chi connectivity index (χ1v) is 12.0. The van der Waals surface area contributed by atoms with Gasteiger partial charge in [-0.3, -0.25) is 9.59 Å². The molecule has 3 heterocycles. The first kappa shape index (κ1) is 24.2. The van der Waals surface area contributed by atoms with Gasteiger partial charge < -0.3 is 28.8 Å². The number of nitrogens with zero attached hydrogens (tertiary/aromatic N) is 3. The molecule has 2 aromatic carbocycles. The fourth-order valence-corrected chi connectivity index (χ4v) is 4.58. The van der Waals surface area contributed by atoms with E-state index in [1.54, 1.807) is 55.0 Å². The number of aryl methyl sites for hydroxylation is 1. The fourth-order valence-electron chi connectivity index (χ4n) is 4.58. The van der Waals surface area contributed by atoms with Gasteiger partial charge in [0.1, 0.15) is 31.3 Å². The van der Waals surface area contributed by atoms with E-state index in [0.717, 1.165) is 0 Å². The molecule has 1 saturated heterocycles. The van der Waals surface area contributed by atoms with E-state index < -0.39 is 17.7 Å². The highest BCUT2D eigenvalue weighted by molar-refractivity contribution is 6.46. The monoisotopic (exact) mass is 501 g/mol. The van der Waals surface area contributed by atoms with Crippen LogP contribution in [-0.4, -0.2) is 57.6 Å². The lowest BCUT2D eigenvalue weighted by Crippen LogP contribution is -2.31. The summed E-state index contributed by atoms with van der Waals surface area (Å²) in [6.07, 6.45) is 7.46. The summed E-state index contributed by atoms with van der Waals surface area (Å²) in [5, 5.41) is 11.4. The number of imidazole rings is 1. The van der Waals surface area contributed by atoms with Gasteiger partial charge in [-0.05, 0) is 42.3 Å². The number of carbonyl (C=O) groups excluding carboxylic acids is 2. The Hall–Kier alpha value is -4.53. The van der Waals surface area contributed by atoms with E-state index in [0.29, 0.717) is 67.7 Å². The minimum Gasteiger partial charge on any atom is -0.507 e. The summed E-state index contributed by atoms with van der Waals surface area (Å²) in [7, 11) is 0. The molecule has 5 rings (SSSR count). The number of ether oxygens (including phenoxy) is 3. The van der Waals surface area contributed by atoms with Crippen LogP contribution >= 0.6 is 0 Å². The molecule has 37 heavy (non-hydrogen) atoms. The van der Waals surface area contributed by atoms with E-state index in [4.69, 9.17) is 14.2 Å². The zero-order valence-corrected chi connectivity index (χ0v) is 20.2. The molecule has 9 nitrogen and oxygen atoms in total. The van der Waals surface area contributed by atoms with Crippen molar-refractivity contribution in [3.63, 3.8) is 0 Å². The SMILES string of the molecule is C=CCOc1cccc([C@H]2/C(=C(\O)c3ccc4c(c3)OCCO4)C(=O)C(=O)N2CCCn2ccnc2)c1. The molecule has 0 aliphatic carbocycles. The summed E-state index contributed by atoms with van der Waals surface area (Å²) < 4.78 is 18.8. The molecule has 1 N–H and O–H groups in total. The average Bonchev–Trinajstić information content (AvgIpc) is 3.54. The molecule has 3 aromatic rings. The zero-order valence-electron chi connectivity index (χ0n) is 20.2. The number of ketones is 1. The maximum absolute atomic E-state index is 13.3. The van der Waals surface area contributed by atoms with Crippen LogP contribution in [0, 0.1) is 0 Å². The molecule has 0 radical (unpaired) electrons. The van der Waals surface area contributed by atoms with Crippen molar-refractivity contribution in [2.24, 2.45) is 0 Å². The van der Waals surface area contributed by atoms with Crippen LogP contribution in [-0.2, 0) is 16.1 Å². The van der Waals surface area contributed by atoms with Gasteiger partial charge in [-0.2, -0.15) is 0 Å². The Morgan fingerprint density at radius 3 is 2.76 bits per heavy atom. The first-order chi connectivity index (χ1) is 18.1. The molecule has 0 spiro atoms. The lowest BCUT2D eigenvalue weighted by Gasteiger charge is -2.26. The van der Waals surface area contributed by atoms with Crippen molar-refractivity contribution in [3.8, 4) is 17.2 Å². The van der Waals surface area contributed by atoms with Crippen LogP contribution in [0.5, 0.6) is 17.2 Å². The number of benzene rings is 2. The van der Waals surface area contributed by atoms with Gasteiger partial charge in [-0.15, -0.1) is 0 Å². The van der Waals surface area contributed by atoms with E-state index in [9.17, 15) is 14.7 Å². The Labute approximate surface area is 214 Å². The molecule has 0 unspecified atom stereocenters. The van der Waals surface area contributed by atoms with Gasteiger partial charge in [0.25, 0.3) is 11.7 Å². The average molecular weight is 502 g/mol. The smallest absolute Gasteiger partial charge is 0.295 e. The van der Waals surface area contributed by atoms with Crippen molar-refractivity contribution in [3.05, 3.63) is 90.5 Å². The minimum atomic E-state index is -0.789. The Morgan fingerprint density at radius 2 is 1.97 bits per heavy atom. The van der Waals surface area contributed by atoms with Gasteiger partial charge in [0.05, 0.1) is 17.9 Å². The van der Waals surface area contributed by atoms with E-state index >= 15 is 0 Å². The number of Topliss-reactive ketones (excluding diaryl/α,β-unsaturated/α-hetero) is 1. The highest BCUT2D eigenvalue weighted by Gasteiger charge is 2.46. The second kappa shape index (κ2) is 10.6. The highest BCUT2D eigenvalue weighted by atomic mass is 16.6. The molecule has 190 valence electrons. The third kappa shape index (κ3) is 4.93. The molecule has 0 saturated carbocycles. The van der Waals surface area contributed by atoms with Crippen molar-refractivity contribution in [2.45, 2.75) is 19.0 Å². The lowest BCUT2D eigenvalue weighted by molar-refractivity contribution is -0.139. The number of aliphatic hydroxyl groups is 1. The highest BCUT2D eigenvalue weighted by Crippen LogP contribution is 2.41. The molecular formula is C28H27N3O6. The molecule has 0 bridgehead atoms. The number of fused-ring (bicyclic) bond motifs is 1. The Bertz CT molecular complexity index is 1350. The molecule has 1 fully saturated rings. The molecule has 1 aromatic heterocycles. The van der Waals surface area contributed by atoms with Crippen molar-refractivity contribution < 1.29 is 28.9 Å². The van der Waals surface area contributed by atoms with Crippen molar-refractivity contribution in [1.82, 2.24) is 14.5 Å². The lowest BCUT2D eigenvalue weighted by atomic mass is 9.95. The topological polar surface area (TPSA) is 103 Å². The van der Waals surface area contributed by atoms with Crippen LogP contribution in [0.3, 0.4) is 0 Å². The Kier molecular flexibility index (Phi) is 6.93. The molecule has 2 aliphatic rings. The summed E-state index contributed by atoms with van der Waals surface area (Å²) in [4.78, 5) is 32.1. The second-order valence-corrected chi connectivity index (χ2v) is 8.68. The molecule has 1 atom stereocenters. The number of rotatable bonds is 9. The van der Waals surface area contributed by atoms with Crippen LogP contribution in [0.1, 0.15) is 23.6 Å². The number of amides is 1. The normalized spacial score (nSPS) is 18.2. The third-order valence-corrected chi connectivity index (χ3v) is 6.27. The fraction of sp³-hybridized carbons (Fsp3) is 0.250. The summed E-state index contributed by atoms with van der Waals surface area (Å²) in [5.74, 6) is -0.0623.